The van der Waals surface area contributed by atoms with Crippen LogP contribution >= 0.6 is 0 Å². The molecule has 0 bridgehead atoms. The van der Waals surface area contributed by atoms with E-state index in [2.05, 4.69) is 19.0 Å². The molecule has 2 N–H and O–H groups in total. The molecule has 0 atom stereocenters. The van der Waals surface area contributed by atoms with Crippen molar-refractivity contribution in [1.29, 1.82) is 0 Å². The Morgan fingerprint density at radius 2 is 1.81 bits per heavy atom. The van der Waals surface area contributed by atoms with Crippen molar-refractivity contribution >= 4 is 0 Å². The summed E-state index contributed by atoms with van der Waals surface area (Å²) < 4.78 is 5.57. The molecule has 2 aliphatic carbocycles. The van der Waals surface area contributed by atoms with Gasteiger partial charge in [0.1, 0.15) is 0 Å². The van der Waals surface area contributed by atoms with E-state index in [4.69, 9.17) is 15.2 Å². The zero-order valence-corrected chi connectivity index (χ0v) is 13.5. The van der Waals surface area contributed by atoms with Crippen LogP contribution in [0.15, 0.2) is 4.52 Å². The summed E-state index contributed by atoms with van der Waals surface area (Å²) in [6.45, 7) is 4.60. The maximum atomic E-state index is 6.58. The topological polar surface area (TPSA) is 64.9 Å². The molecule has 0 saturated heterocycles. The van der Waals surface area contributed by atoms with Gasteiger partial charge in [-0.2, -0.15) is 4.98 Å². The molecule has 1 heterocycles. The lowest BCUT2D eigenvalue weighted by Crippen LogP contribution is -2.41. The number of hydrogen-bond donors (Lipinski definition) is 1. The van der Waals surface area contributed by atoms with Crippen molar-refractivity contribution in [1.82, 2.24) is 10.1 Å². The second kappa shape index (κ2) is 6.07. The molecule has 0 radical (unpaired) electrons. The predicted octanol–water partition coefficient (Wildman–Crippen LogP) is 4.12. The fraction of sp³-hybridized carbons (Fsp3) is 0.882. The lowest BCUT2D eigenvalue weighted by molar-refractivity contribution is 0.215. The van der Waals surface area contributed by atoms with E-state index in [1.807, 2.05) is 0 Å². The molecule has 0 aromatic carbocycles. The molecular weight excluding hydrogens is 262 g/mol. The van der Waals surface area contributed by atoms with Gasteiger partial charge in [0.25, 0.3) is 0 Å². The van der Waals surface area contributed by atoms with E-state index in [1.165, 1.54) is 44.9 Å². The maximum absolute atomic E-state index is 6.58. The Bertz CT molecular complexity index is 454. The maximum Gasteiger partial charge on any atom is 0.229 e. The van der Waals surface area contributed by atoms with E-state index >= 15 is 0 Å². The average molecular weight is 291 g/mol. The lowest BCUT2D eigenvalue weighted by Gasteiger charge is -2.34. The minimum Gasteiger partial charge on any atom is -0.339 e. The molecule has 1 aromatic heterocycles. The van der Waals surface area contributed by atoms with E-state index in [9.17, 15) is 0 Å². The molecule has 2 saturated carbocycles. The van der Waals surface area contributed by atoms with Crippen LogP contribution in [0.1, 0.15) is 89.3 Å². The summed E-state index contributed by atoms with van der Waals surface area (Å²) >= 11 is 0. The highest BCUT2D eigenvalue weighted by Gasteiger charge is 2.37. The molecule has 0 spiro atoms. The van der Waals surface area contributed by atoms with Gasteiger partial charge in [0.15, 0.2) is 5.82 Å². The van der Waals surface area contributed by atoms with Crippen molar-refractivity contribution in [3.05, 3.63) is 11.7 Å². The number of aromatic nitrogens is 2. The van der Waals surface area contributed by atoms with Crippen molar-refractivity contribution in [2.45, 2.75) is 83.1 Å². The van der Waals surface area contributed by atoms with Crippen molar-refractivity contribution in [2.75, 3.05) is 0 Å². The monoisotopic (exact) mass is 291 g/mol. The van der Waals surface area contributed by atoms with E-state index in [-0.39, 0.29) is 5.54 Å². The minimum absolute atomic E-state index is 0.352. The highest BCUT2D eigenvalue weighted by atomic mass is 16.5. The molecule has 118 valence electrons. The quantitative estimate of drug-likeness (QED) is 0.910. The van der Waals surface area contributed by atoms with Gasteiger partial charge < -0.3 is 10.3 Å². The second-order valence-electron chi connectivity index (χ2n) is 7.42. The zero-order chi connectivity index (χ0) is 14.9. The van der Waals surface area contributed by atoms with Crippen LogP contribution in [0.5, 0.6) is 0 Å². The van der Waals surface area contributed by atoms with Gasteiger partial charge in [0.2, 0.25) is 5.89 Å². The van der Waals surface area contributed by atoms with Gasteiger partial charge in [-0.3, -0.25) is 0 Å². The summed E-state index contributed by atoms with van der Waals surface area (Å²) in [5.74, 6) is 3.71. The SMILES string of the molecule is CCC1CCC(N)(c2noc(C3CCC(C)CC3)n2)CC1. The third kappa shape index (κ3) is 3.15. The minimum atomic E-state index is -0.352. The van der Waals surface area contributed by atoms with Crippen molar-refractivity contribution < 1.29 is 4.52 Å². The zero-order valence-electron chi connectivity index (χ0n) is 13.5. The third-order valence-corrected chi connectivity index (χ3v) is 5.83. The van der Waals surface area contributed by atoms with Crippen molar-refractivity contribution in [3.63, 3.8) is 0 Å². The van der Waals surface area contributed by atoms with Crippen LogP contribution in [0, 0.1) is 11.8 Å². The first kappa shape index (κ1) is 15.0. The van der Waals surface area contributed by atoms with Crippen LogP contribution < -0.4 is 5.73 Å². The van der Waals surface area contributed by atoms with Crippen LogP contribution in [-0.2, 0) is 5.54 Å². The molecule has 0 aliphatic heterocycles. The predicted molar refractivity (Wildman–Crippen MR) is 82.8 cm³/mol. The molecule has 0 unspecified atom stereocenters. The Balaban J connectivity index is 1.67. The number of rotatable bonds is 3. The fourth-order valence-corrected chi connectivity index (χ4v) is 3.93. The van der Waals surface area contributed by atoms with Crippen LogP contribution in [0.4, 0.5) is 0 Å². The van der Waals surface area contributed by atoms with E-state index in [1.54, 1.807) is 0 Å². The summed E-state index contributed by atoms with van der Waals surface area (Å²) in [6.07, 6.45) is 10.5. The van der Waals surface area contributed by atoms with Crippen LogP contribution in [0.25, 0.3) is 0 Å². The Morgan fingerprint density at radius 1 is 1.14 bits per heavy atom. The third-order valence-electron chi connectivity index (χ3n) is 5.83. The smallest absolute Gasteiger partial charge is 0.229 e. The fourth-order valence-electron chi connectivity index (χ4n) is 3.93. The first-order chi connectivity index (χ1) is 10.1. The summed E-state index contributed by atoms with van der Waals surface area (Å²) in [6, 6.07) is 0. The summed E-state index contributed by atoms with van der Waals surface area (Å²) in [4.78, 5) is 4.70. The molecule has 4 heteroatoms. The first-order valence-electron chi connectivity index (χ1n) is 8.73. The summed E-state index contributed by atoms with van der Waals surface area (Å²) in [5, 5.41) is 4.25. The Morgan fingerprint density at radius 3 is 2.43 bits per heavy atom. The molecular formula is C17H29N3O. The van der Waals surface area contributed by atoms with Gasteiger partial charge in [0, 0.05) is 5.92 Å². The van der Waals surface area contributed by atoms with Gasteiger partial charge in [-0.25, -0.2) is 0 Å². The Labute approximate surface area is 127 Å². The summed E-state index contributed by atoms with van der Waals surface area (Å²) in [7, 11) is 0. The highest BCUT2D eigenvalue weighted by Crippen LogP contribution is 2.39. The number of hydrogen-bond acceptors (Lipinski definition) is 4. The van der Waals surface area contributed by atoms with Gasteiger partial charge in [0.05, 0.1) is 5.54 Å². The first-order valence-corrected chi connectivity index (χ1v) is 8.73. The van der Waals surface area contributed by atoms with Crippen LogP contribution in [0.2, 0.25) is 0 Å². The molecule has 2 aliphatic rings. The molecule has 4 nitrogen and oxygen atoms in total. The number of nitrogens with two attached hydrogens (primary N) is 1. The standard InChI is InChI=1S/C17H29N3O/c1-3-13-8-10-17(18,11-9-13)16-19-15(21-20-16)14-6-4-12(2)5-7-14/h12-14H,3-11,18H2,1-2H3. The largest absolute Gasteiger partial charge is 0.339 e. The molecule has 1 aromatic rings. The van der Waals surface area contributed by atoms with Crippen LogP contribution in [0.3, 0.4) is 0 Å². The van der Waals surface area contributed by atoms with E-state index < -0.39 is 0 Å². The lowest BCUT2D eigenvalue weighted by atomic mass is 9.76. The highest BCUT2D eigenvalue weighted by molar-refractivity contribution is 5.08. The molecule has 0 amide bonds. The van der Waals surface area contributed by atoms with Crippen LogP contribution in [-0.4, -0.2) is 10.1 Å². The second-order valence-corrected chi connectivity index (χ2v) is 7.42. The van der Waals surface area contributed by atoms with Gasteiger partial charge in [-0.15, -0.1) is 0 Å². The van der Waals surface area contributed by atoms with Crippen molar-refractivity contribution in [2.24, 2.45) is 17.6 Å². The summed E-state index contributed by atoms with van der Waals surface area (Å²) in [5.41, 5.74) is 6.23. The van der Waals surface area contributed by atoms with E-state index in [0.29, 0.717) is 5.92 Å². The average Bonchev–Trinajstić information content (AvgIpc) is 2.99. The molecule has 3 rings (SSSR count). The van der Waals surface area contributed by atoms with Crippen molar-refractivity contribution in [3.8, 4) is 0 Å². The number of nitrogens with zero attached hydrogens (tertiary/aromatic N) is 2. The van der Waals surface area contributed by atoms with Gasteiger partial charge >= 0.3 is 0 Å². The van der Waals surface area contributed by atoms with E-state index in [0.717, 1.165) is 36.4 Å². The Kier molecular flexibility index (Phi) is 4.34. The molecule has 2 fully saturated rings. The van der Waals surface area contributed by atoms with Gasteiger partial charge in [-0.1, -0.05) is 25.4 Å². The Hall–Kier alpha value is -0.900. The normalized spacial score (nSPS) is 37.6. The van der Waals surface area contributed by atoms with Gasteiger partial charge in [-0.05, 0) is 63.2 Å². The molecule has 21 heavy (non-hydrogen) atoms.